The van der Waals surface area contributed by atoms with Crippen molar-refractivity contribution in [3.63, 3.8) is 0 Å². The van der Waals surface area contributed by atoms with E-state index < -0.39 is 28.5 Å². The largest absolute Gasteiger partial charge is 0.352 e. The van der Waals surface area contributed by atoms with Gasteiger partial charge in [-0.05, 0) is 71.0 Å². The van der Waals surface area contributed by atoms with Crippen LogP contribution in [-0.4, -0.2) is 43.8 Å². The van der Waals surface area contributed by atoms with Gasteiger partial charge in [0.15, 0.2) is 0 Å². The molecular weight excluding hydrogens is 557 g/mol. The van der Waals surface area contributed by atoms with Crippen molar-refractivity contribution in [1.29, 1.82) is 0 Å². The molecule has 0 saturated heterocycles. The lowest BCUT2D eigenvalue weighted by molar-refractivity contribution is -0.139. The fourth-order valence-electron chi connectivity index (χ4n) is 3.92. The number of rotatable bonds is 10. The van der Waals surface area contributed by atoms with E-state index in [1.165, 1.54) is 17.0 Å². The number of anilines is 1. The van der Waals surface area contributed by atoms with Crippen molar-refractivity contribution in [3.8, 4) is 0 Å². The number of benzene rings is 3. The first kappa shape index (κ1) is 30.5. The molecule has 0 radical (unpaired) electrons. The maximum atomic E-state index is 13.9. The Hall–Kier alpha value is -3.07. The van der Waals surface area contributed by atoms with Gasteiger partial charge < -0.3 is 10.2 Å². The highest BCUT2D eigenvalue weighted by molar-refractivity contribution is 7.92. The Bertz CT molecular complexity index is 1410. The molecule has 0 bridgehead atoms. The van der Waals surface area contributed by atoms with E-state index in [9.17, 15) is 18.0 Å². The summed E-state index contributed by atoms with van der Waals surface area (Å²) < 4.78 is 28.7. The van der Waals surface area contributed by atoms with E-state index in [2.05, 4.69) is 5.32 Å². The van der Waals surface area contributed by atoms with E-state index in [1.807, 2.05) is 27.7 Å². The second-order valence-corrected chi connectivity index (χ2v) is 12.4. The Kier molecular flexibility index (Phi) is 10.0. The fraction of sp³-hybridized carbons (Fsp3) is 0.310. The van der Waals surface area contributed by atoms with Gasteiger partial charge in [-0.25, -0.2) is 8.42 Å². The lowest BCUT2D eigenvalue weighted by atomic mass is 10.1. The van der Waals surface area contributed by atoms with Gasteiger partial charge in [0.2, 0.25) is 11.8 Å². The lowest BCUT2D eigenvalue weighted by Crippen LogP contribution is -2.52. The molecule has 1 unspecified atom stereocenters. The third-order valence-corrected chi connectivity index (χ3v) is 8.69. The Morgan fingerprint density at radius 1 is 0.846 bits per heavy atom. The van der Waals surface area contributed by atoms with Crippen LogP contribution in [-0.2, 0) is 26.2 Å². The monoisotopic (exact) mass is 589 g/mol. The van der Waals surface area contributed by atoms with Gasteiger partial charge in [-0.2, -0.15) is 0 Å². The van der Waals surface area contributed by atoms with Gasteiger partial charge in [0.05, 0.1) is 10.6 Å². The second kappa shape index (κ2) is 12.9. The molecule has 0 aromatic heterocycles. The molecule has 208 valence electrons. The van der Waals surface area contributed by atoms with Crippen LogP contribution in [0.2, 0.25) is 10.0 Å². The molecule has 3 rings (SSSR count). The normalized spacial score (nSPS) is 12.2. The molecule has 0 aliphatic heterocycles. The minimum absolute atomic E-state index is 0.0489. The number of carbonyl (C=O) groups excluding carboxylic acids is 2. The van der Waals surface area contributed by atoms with Gasteiger partial charge in [0.1, 0.15) is 12.6 Å². The van der Waals surface area contributed by atoms with Crippen molar-refractivity contribution in [1.82, 2.24) is 10.2 Å². The van der Waals surface area contributed by atoms with Crippen LogP contribution in [0.5, 0.6) is 0 Å². The lowest BCUT2D eigenvalue weighted by Gasteiger charge is -2.32. The summed E-state index contributed by atoms with van der Waals surface area (Å²) in [6.45, 7) is 8.34. The summed E-state index contributed by atoms with van der Waals surface area (Å²) in [6.07, 6.45) is 0. The van der Waals surface area contributed by atoms with Gasteiger partial charge in [-0.3, -0.25) is 13.9 Å². The number of hydrogen-bond donors (Lipinski definition) is 1. The fourth-order valence-corrected chi connectivity index (χ4v) is 5.85. The molecule has 0 aliphatic rings. The first-order valence-electron chi connectivity index (χ1n) is 12.5. The van der Waals surface area contributed by atoms with E-state index in [-0.39, 0.29) is 23.4 Å². The van der Waals surface area contributed by atoms with Crippen LogP contribution in [0.1, 0.15) is 37.5 Å². The molecule has 39 heavy (non-hydrogen) atoms. The van der Waals surface area contributed by atoms with Gasteiger partial charge >= 0.3 is 0 Å². The van der Waals surface area contributed by atoms with Gasteiger partial charge in [-0.1, -0.05) is 64.7 Å². The molecule has 2 amide bonds. The molecule has 1 N–H and O–H groups in total. The predicted molar refractivity (Wildman–Crippen MR) is 157 cm³/mol. The molecule has 0 spiro atoms. The molecule has 10 heteroatoms. The maximum Gasteiger partial charge on any atom is 0.264 e. The molecule has 3 aromatic carbocycles. The summed E-state index contributed by atoms with van der Waals surface area (Å²) in [6, 6.07) is 17.1. The number of amides is 2. The van der Waals surface area contributed by atoms with E-state index in [1.54, 1.807) is 61.5 Å². The number of halogens is 2. The minimum atomic E-state index is -4.13. The highest BCUT2D eigenvalue weighted by Gasteiger charge is 2.33. The number of sulfonamides is 1. The summed E-state index contributed by atoms with van der Waals surface area (Å²) in [5.74, 6) is -0.974. The molecule has 0 aliphatic carbocycles. The predicted octanol–water partition coefficient (Wildman–Crippen LogP) is 5.75. The van der Waals surface area contributed by atoms with E-state index in [4.69, 9.17) is 23.2 Å². The van der Waals surface area contributed by atoms with Gasteiger partial charge in [0, 0.05) is 28.2 Å². The van der Waals surface area contributed by atoms with Crippen LogP contribution in [0.25, 0.3) is 0 Å². The Labute approximate surface area is 240 Å². The highest BCUT2D eigenvalue weighted by Crippen LogP contribution is 2.28. The zero-order valence-corrected chi connectivity index (χ0v) is 24.9. The Morgan fingerprint density at radius 3 is 1.87 bits per heavy atom. The van der Waals surface area contributed by atoms with Crippen molar-refractivity contribution >= 4 is 50.7 Å². The Balaban J connectivity index is 2.06. The summed E-state index contributed by atoms with van der Waals surface area (Å²) in [5, 5.41) is 3.48. The average Bonchev–Trinajstić information content (AvgIpc) is 2.87. The van der Waals surface area contributed by atoms with E-state index >= 15 is 0 Å². The van der Waals surface area contributed by atoms with Crippen LogP contribution in [0, 0.1) is 13.8 Å². The van der Waals surface area contributed by atoms with Crippen molar-refractivity contribution in [2.45, 2.75) is 58.1 Å². The standard InChI is InChI=1S/C29H33Cl2N3O4S/c1-19(2)32-29(36)22(5)33(17-25-26(30)7-6-8-27(25)31)28(35)18-34(23-13-9-20(3)10-14-23)39(37,38)24-15-11-21(4)12-16-24/h6-16,19,22H,17-18H2,1-5H3,(H,32,36). The smallest absolute Gasteiger partial charge is 0.264 e. The van der Waals surface area contributed by atoms with Crippen LogP contribution in [0.3, 0.4) is 0 Å². The quantitative estimate of drug-likeness (QED) is 0.326. The van der Waals surface area contributed by atoms with Crippen LogP contribution in [0.4, 0.5) is 5.69 Å². The molecule has 3 aromatic rings. The van der Waals surface area contributed by atoms with Gasteiger partial charge in [-0.15, -0.1) is 0 Å². The number of hydrogen-bond acceptors (Lipinski definition) is 4. The van der Waals surface area contributed by atoms with Crippen molar-refractivity contribution in [3.05, 3.63) is 93.5 Å². The first-order chi connectivity index (χ1) is 18.3. The van der Waals surface area contributed by atoms with Gasteiger partial charge in [0.25, 0.3) is 10.0 Å². The maximum absolute atomic E-state index is 13.9. The number of aryl methyl sites for hydroxylation is 2. The topological polar surface area (TPSA) is 86.8 Å². The third-order valence-electron chi connectivity index (χ3n) is 6.20. The number of carbonyl (C=O) groups is 2. The summed E-state index contributed by atoms with van der Waals surface area (Å²) in [7, 11) is -4.13. The molecule has 0 saturated carbocycles. The van der Waals surface area contributed by atoms with Crippen LogP contribution in [0.15, 0.2) is 71.6 Å². The second-order valence-electron chi connectivity index (χ2n) is 9.72. The van der Waals surface area contributed by atoms with Crippen LogP contribution >= 0.6 is 23.2 Å². The summed E-state index contributed by atoms with van der Waals surface area (Å²) >= 11 is 12.8. The summed E-state index contributed by atoms with van der Waals surface area (Å²) in [5.41, 5.74) is 2.62. The van der Waals surface area contributed by atoms with Crippen molar-refractivity contribution in [2.24, 2.45) is 0 Å². The van der Waals surface area contributed by atoms with E-state index in [0.717, 1.165) is 15.4 Å². The first-order valence-corrected chi connectivity index (χ1v) is 14.7. The van der Waals surface area contributed by atoms with E-state index in [0.29, 0.717) is 21.3 Å². The SMILES string of the molecule is Cc1ccc(N(CC(=O)N(Cc2c(Cl)cccc2Cl)C(C)C(=O)NC(C)C)S(=O)(=O)c2ccc(C)cc2)cc1. The Morgan fingerprint density at radius 2 is 1.36 bits per heavy atom. The van der Waals surface area contributed by atoms with Crippen molar-refractivity contribution in [2.75, 3.05) is 10.8 Å². The van der Waals surface area contributed by atoms with Crippen LogP contribution < -0.4 is 9.62 Å². The molecule has 0 heterocycles. The minimum Gasteiger partial charge on any atom is -0.352 e. The molecule has 0 fully saturated rings. The molecular formula is C29H33Cl2N3O4S. The zero-order valence-electron chi connectivity index (χ0n) is 22.6. The zero-order chi connectivity index (χ0) is 28.9. The highest BCUT2D eigenvalue weighted by atomic mass is 35.5. The number of nitrogens with one attached hydrogen (secondary N) is 1. The molecule has 1 atom stereocenters. The summed E-state index contributed by atoms with van der Waals surface area (Å²) in [4.78, 5) is 28.3. The number of nitrogens with zero attached hydrogens (tertiary/aromatic N) is 2. The molecule has 7 nitrogen and oxygen atoms in total. The average molecular weight is 591 g/mol. The third kappa shape index (κ3) is 7.53. The van der Waals surface area contributed by atoms with Crippen molar-refractivity contribution < 1.29 is 18.0 Å².